The first-order valence-electron chi connectivity index (χ1n) is 7.44. The van der Waals surface area contributed by atoms with Crippen LogP contribution in [0.15, 0.2) is 47.8 Å². The summed E-state index contributed by atoms with van der Waals surface area (Å²) in [6.45, 7) is 1.96. The van der Waals surface area contributed by atoms with Crippen molar-refractivity contribution in [3.8, 4) is 0 Å². The highest BCUT2D eigenvalue weighted by atomic mass is 32.2. The molecule has 2 amide bonds. The van der Waals surface area contributed by atoms with Crippen LogP contribution in [0.4, 0.5) is 0 Å². The lowest BCUT2D eigenvalue weighted by atomic mass is 10.1. The summed E-state index contributed by atoms with van der Waals surface area (Å²) in [5.41, 5.74) is 1.06. The number of carbonyl (C=O) groups excluding carboxylic acids is 2. The van der Waals surface area contributed by atoms with E-state index in [9.17, 15) is 9.59 Å². The highest BCUT2D eigenvalue weighted by Crippen LogP contribution is 2.25. The molecule has 23 heavy (non-hydrogen) atoms. The molecule has 0 radical (unpaired) electrons. The van der Waals surface area contributed by atoms with Crippen molar-refractivity contribution in [3.05, 3.63) is 58.3 Å². The molecule has 2 atom stereocenters. The summed E-state index contributed by atoms with van der Waals surface area (Å²) in [4.78, 5) is 27.5. The maximum absolute atomic E-state index is 12.6. The van der Waals surface area contributed by atoms with Gasteiger partial charge in [0.05, 0.1) is 16.8 Å². The fourth-order valence-corrected chi connectivity index (χ4v) is 4.37. The molecule has 1 aliphatic heterocycles. The van der Waals surface area contributed by atoms with E-state index < -0.39 is 6.04 Å². The monoisotopic (exact) mass is 346 g/mol. The number of amides is 2. The predicted octanol–water partition coefficient (Wildman–Crippen LogP) is 3.14. The highest BCUT2D eigenvalue weighted by molar-refractivity contribution is 7.99. The van der Waals surface area contributed by atoms with Gasteiger partial charge < -0.3 is 10.2 Å². The molecule has 0 aliphatic carbocycles. The van der Waals surface area contributed by atoms with Gasteiger partial charge in [-0.2, -0.15) is 0 Å². The first-order chi connectivity index (χ1) is 11.2. The number of rotatable bonds is 4. The van der Waals surface area contributed by atoms with E-state index in [-0.39, 0.29) is 17.9 Å². The fraction of sp³-hybridized carbons (Fsp3) is 0.294. The standard InChI is InChI=1S/C17H18N2O2S2/c1-12(13-6-3-2-4-7-13)18-16(20)14-10-22-11-19(14)17(21)15-8-5-9-23-15/h2-9,12,14H,10-11H2,1H3,(H,18,20)/t12?,14-/m0/s1. The van der Waals surface area contributed by atoms with Crippen LogP contribution in [0, 0.1) is 0 Å². The summed E-state index contributed by atoms with van der Waals surface area (Å²) in [5.74, 6) is 1.06. The number of carbonyl (C=O) groups is 2. The van der Waals surface area contributed by atoms with Gasteiger partial charge in [0, 0.05) is 5.75 Å². The third-order valence-electron chi connectivity index (χ3n) is 3.84. The summed E-state index contributed by atoms with van der Waals surface area (Å²) >= 11 is 3.03. The van der Waals surface area contributed by atoms with Crippen molar-refractivity contribution in [1.82, 2.24) is 10.2 Å². The van der Waals surface area contributed by atoms with E-state index in [1.54, 1.807) is 22.7 Å². The molecule has 1 aromatic heterocycles. The molecular formula is C17H18N2O2S2. The van der Waals surface area contributed by atoms with E-state index in [1.807, 2.05) is 48.7 Å². The molecule has 0 saturated carbocycles. The first kappa shape index (κ1) is 16.1. The Morgan fingerprint density at radius 1 is 1.22 bits per heavy atom. The Morgan fingerprint density at radius 3 is 2.70 bits per heavy atom. The van der Waals surface area contributed by atoms with E-state index in [2.05, 4.69) is 5.32 Å². The smallest absolute Gasteiger partial charge is 0.265 e. The van der Waals surface area contributed by atoms with Crippen molar-refractivity contribution < 1.29 is 9.59 Å². The fourth-order valence-electron chi connectivity index (χ4n) is 2.54. The zero-order valence-electron chi connectivity index (χ0n) is 12.8. The van der Waals surface area contributed by atoms with Gasteiger partial charge in [-0.3, -0.25) is 9.59 Å². The van der Waals surface area contributed by atoms with Gasteiger partial charge in [-0.25, -0.2) is 0 Å². The number of thioether (sulfide) groups is 1. The van der Waals surface area contributed by atoms with Crippen LogP contribution >= 0.6 is 23.1 Å². The van der Waals surface area contributed by atoms with Gasteiger partial charge >= 0.3 is 0 Å². The molecule has 2 aromatic rings. The van der Waals surface area contributed by atoms with Crippen LogP contribution in [-0.2, 0) is 4.79 Å². The molecule has 0 bridgehead atoms. The van der Waals surface area contributed by atoms with Crippen LogP contribution in [-0.4, -0.2) is 34.4 Å². The Hall–Kier alpha value is -1.79. The second-order valence-electron chi connectivity index (χ2n) is 5.41. The van der Waals surface area contributed by atoms with E-state index in [0.29, 0.717) is 16.5 Å². The van der Waals surface area contributed by atoms with E-state index in [1.165, 1.54) is 11.3 Å². The lowest BCUT2D eigenvalue weighted by molar-refractivity contribution is -0.125. The Morgan fingerprint density at radius 2 is 2.00 bits per heavy atom. The number of hydrogen-bond acceptors (Lipinski definition) is 4. The van der Waals surface area contributed by atoms with Gasteiger partial charge in [0.15, 0.2) is 0 Å². The summed E-state index contributed by atoms with van der Waals surface area (Å²) < 4.78 is 0. The van der Waals surface area contributed by atoms with Gasteiger partial charge in [0.2, 0.25) is 5.91 Å². The van der Waals surface area contributed by atoms with Gasteiger partial charge in [-0.15, -0.1) is 23.1 Å². The molecule has 1 N–H and O–H groups in total. The van der Waals surface area contributed by atoms with Gasteiger partial charge in [-0.05, 0) is 23.9 Å². The van der Waals surface area contributed by atoms with Crippen LogP contribution in [0.25, 0.3) is 0 Å². The molecule has 1 aliphatic rings. The molecule has 2 heterocycles. The Labute approximate surface area is 143 Å². The van der Waals surface area contributed by atoms with Crippen LogP contribution in [0.5, 0.6) is 0 Å². The Balaban J connectivity index is 1.67. The lowest BCUT2D eigenvalue weighted by Gasteiger charge is -2.24. The zero-order chi connectivity index (χ0) is 16.2. The van der Waals surface area contributed by atoms with Crippen LogP contribution in [0.3, 0.4) is 0 Å². The minimum atomic E-state index is -0.402. The molecule has 1 aromatic carbocycles. The van der Waals surface area contributed by atoms with E-state index in [4.69, 9.17) is 0 Å². The lowest BCUT2D eigenvalue weighted by Crippen LogP contribution is -2.47. The van der Waals surface area contributed by atoms with Crippen LogP contribution < -0.4 is 5.32 Å². The van der Waals surface area contributed by atoms with Gasteiger partial charge in [0.1, 0.15) is 6.04 Å². The Kier molecular flexibility index (Phi) is 5.03. The normalized spacial score (nSPS) is 18.7. The van der Waals surface area contributed by atoms with Crippen molar-refractivity contribution >= 4 is 34.9 Å². The molecule has 1 fully saturated rings. The SMILES string of the molecule is CC(NC(=O)[C@@H]1CSCN1C(=O)c1cccs1)c1ccccc1. The number of thiophene rings is 1. The van der Waals surface area contributed by atoms with E-state index >= 15 is 0 Å². The topological polar surface area (TPSA) is 49.4 Å². The predicted molar refractivity (Wildman–Crippen MR) is 94.6 cm³/mol. The third-order valence-corrected chi connectivity index (χ3v) is 5.71. The van der Waals surface area contributed by atoms with Crippen molar-refractivity contribution in [2.75, 3.05) is 11.6 Å². The minimum Gasteiger partial charge on any atom is -0.348 e. The van der Waals surface area contributed by atoms with Crippen molar-refractivity contribution in [2.45, 2.75) is 19.0 Å². The summed E-state index contributed by atoms with van der Waals surface area (Å²) in [5, 5.41) is 4.90. The van der Waals surface area contributed by atoms with Crippen LogP contribution in [0.1, 0.15) is 28.2 Å². The second kappa shape index (κ2) is 7.19. The summed E-state index contributed by atoms with van der Waals surface area (Å²) in [6, 6.07) is 13.0. The molecule has 0 spiro atoms. The molecular weight excluding hydrogens is 328 g/mol. The number of hydrogen-bond donors (Lipinski definition) is 1. The third kappa shape index (κ3) is 3.59. The molecule has 4 nitrogen and oxygen atoms in total. The number of nitrogens with one attached hydrogen (secondary N) is 1. The first-order valence-corrected chi connectivity index (χ1v) is 9.48. The average molecular weight is 346 g/mol. The van der Waals surface area contributed by atoms with Crippen molar-refractivity contribution in [3.63, 3.8) is 0 Å². The quantitative estimate of drug-likeness (QED) is 0.925. The summed E-state index contributed by atoms with van der Waals surface area (Å²) in [7, 11) is 0. The van der Waals surface area contributed by atoms with Crippen molar-refractivity contribution in [1.29, 1.82) is 0 Å². The number of nitrogens with zero attached hydrogens (tertiary/aromatic N) is 1. The maximum Gasteiger partial charge on any atom is 0.265 e. The van der Waals surface area contributed by atoms with Crippen LogP contribution in [0.2, 0.25) is 0 Å². The highest BCUT2D eigenvalue weighted by Gasteiger charge is 2.35. The second-order valence-corrected chi connectivity index (χ2v) is 7.36. The molecule has 3 rings (SSSR count). The van der Waals surface area contributed by atoms with Gasteiger partial charge in [-0.1, -0.05) is 36.4 Å². The molecule has 1 saturated heterocycles. The Bertz CT molecular complexity index is 673. The van der Waals surface area contributed by atoms with Crippen molar-refractivity contribution in [2.24, 2.45) is 0 Å². The number of benzene rings is 1. The average Bonchev–Trinajstić information content (AvgIpc) is 3.26. The maximum atomic E-state index is 12.6. The summed E-state index contributed by atoms with van der Waals surface area (Å²) in [6.07, 6.45) is 0. The van der Waals surface area contributed by atoms with E-state index in [0.717, 1.165) is 5.56 Å². The largest absolute Gasteiger partial charge is 0.348 e. The van der Waals surface area contributed by atoms with Gasteiger partial charge in [0.25, 0.3) is 5.91 Å². The molecule has 120 valence electrons. The molecule has 6 heteroatoms. The zero-order valence-corrected chi connectivity index (χ0v) is 14.4. The molecule has 1 unspecified atom stereocenters. The minimum absolute atomic E-state index is 0.0579.